The molecule has 0 aromatic heterocycles. The van der Waals surface area contributed by atoms with Gasteiger partial charge in [0.1, 0.15) is 0 Å². The molecule has 1 amide bonds. The van der Waals surface area contributed by atoms with Crippen LogP contribution in [0.1, 0.15) is 26.2 Å². The fraction of sp³-hybridized carbons (Fsp3) is 0.778. The van der Waals surface area contributed by atoms with Crippen LogP contribution in [-0.4, -0.2) is 23.6 Å². The van der Waals surface area contributed by atoms with Crippen molar-refractivity contribution in [1.82, 2.24) is 5.32 Å². The molecule has 0 saturated heterocycles. The molecule has 0 aliphatic heterocycles. The van der Waals surface area contributed by atoms with Crippen molar-refractivity contribution in [2.24, 2.45) is 11.7 Å². The van der Waals surface area contributed by atoms with Crippen molar-refractivity contribution >= 4 is 23.1 Å². The van der Waals surface area contributed by atoms with Crippen molar-refractivity contribution in [3.05, 3.63) is 0 Å². The van der Waals surface area contributed by atoms with E-state index >= 15 is 0 Å². The maximum absolute atomic E-state index is 11.8. The van der Waals surface area contributed by atoms with Gasteiger partial charge in [-0.1, -0.05) is 19.1 Å². The second-order valence-electron chi connectivity index (χ2n) is 3.37. The lowest BCUT2D eigenvalue weighted by molar-refractivity contribution is -0.136. The first-order valence-corrected chi connectivity index (χ1v) is 5.32. The van der Waals surface area contributed by atoms with Gasteiger partial charge in [0, 0.05) is 13.0 Å². The minimum Gasteiger partial charge on any atom is -0.393 e. The molecule has 1 unspecified atom stereocenters. The van der Waals surface area contributed by atoms with Crippen LogP contribution in [0, 0.1) is 5.92 Å². The van der Waals surface area contributed by atoms with E-state index in [4.69, 9.17) is 5.73 Å². The van der Waals surface area contributed by atoms with E-state index < -0.39 is 24.4 Å². The molecule has 0 aromatic carbocycles. The van der Waals surface area contributed by atoms with Gasteiger partial charge in [-0.3, -0.25) is 4.79 Å². The summed E-state index contributed by atoms with van der Waals surface area (Å²) in [5.74, 6) is -1.00. The van der Waals surface area contributed by atoms with E-state index in [1.807, 2.05) is 0 Å². The van der Waals surface area contributed by atoms with Crippen LogP contribution < -0.4 is 11.1 Å². The number of hydrogen-bond donors (Lipinski definition) is 2. The number of hydrogen-bond acceptors (Lipinski definition) is 2. The fourth-order valence-electron chi connectivity index (χ4n) is 1.14. The minimum absolute atomic E-state index is 0.0164. The number of carbonyl (C=O) groups is 1. The Morgan fingerprint density at radius 2 is 2.06 bits per heavy atom. The van der Waals surface area contributed by atoms with E-state index in [2.05, 4.69) is 17.5 Å². The molecular weight excluding hydrogens is 241 g/mol. The average Bonchev–Trinajstić information content (AvgIpc) is 2.11. The summed E-state index contributed by atoms with van der Waals surface area (Å²) in [4.78, 5) is 11.4. The lowest BCUT2D eigenvalue weighted by Gasteiger charge is -2.13. The zero-order valence-electron chi connectivity index (χ0n) is 8.93. The van der Waals surface area contributed by atoms with Crippen LogP contribution in [0.5, 0.6) is 0 Å². The summed E-state index contributed by atoms with van der Waals surface area (Å²) < 4.78 is 35.3. The number of thiocarbonyl (C=S) groups is 1. The maximum atomic E-state index is 11.8. The summed E-state index contributed by atoms with van der Waals surface area (Å²) in [6.45, 7) is 1.72. The number of nitrogens with one attached hydrogen (secondary N) is 1. The average molecular weight is 256 g/mol. The quantitative estimate of drug-likeness (QED) is 0.562. The van der Waals surface area contributed by atoms with E-state index in [0.29, 0.717) is 6.42 Å². The Morgan fingerprint density at radius 3 is 2.44 bits per heavy atom. The number of nitrogens with two attached hydrogens (primary N) is 1. The minimum atomic E-state index is -4.18. The highest BCUT2D eigenvalue weighted by molar-refractivity contribution is 7.80. The van der Waals surface area contributed by atoms with Crippen molar-refractivity contribution in [3.63, 3.8) is 0 Å². The lowest BCUT2D eigenvalue weighted by atomic mass is 10.1. The van der Waals surface area contributed by atoms with Crippen molar-refractivity contribution in [2.45, 2.75) is 32.4 Å². The van der Waals surface area contributed by atoms with Gasteiger partial charge in [0.05, 0.1) is 10.9 Å². The van der Waals surface area contributed by atoms with Gasteiger partial charge in [-0.2, -0.15) is 13.2 Å². The zero-order valence-corrected chi connectivity index (χ0v) is 9.75. The summed E-state index contributed by atoms with van der Waals surface area (Å²) in [5, 5.41) is 2.38. The highest BCUT2D eigenvalue weighted by Crippen LogP contribution is 2.20. The van der Waals surface area contributed by atoms with Crippen LogP contribution in [0.3, 0.4) is 0 Å². The standard InChI is InChI=1S/C9H15F3N2OS/c1-2-6(7(13)16)8(15)14-5-3-4-9(10,11)12/h6H,2-5H2,1H3,(H2,13,16)(H,14,15). The highest BCUT2D eigenvalue weighted by Gasteiger charge is 2.26. The smallest absolute Gasteiger partial charge is 0.389 e. The van der Waals surface area contributed by atoms with E-state index in [0.717, 1.165) is 0 Å². The van der Waals surface area contributed by atoms with Gasteiger partial charge < -0.3 is 11.1 Å². The molecule has 0 bridgehead atoms. The molecule has 0 heterocycles. The molecule has 0 spiro atoms. The Morgan fingerprint density at radius 1 is 1.50 bits per heavy atom. The molecular formula is C9H15F3N2OS. The van der Waals surface area contributed by atoms with Crippen molar-refractivity contribution in [2.75, 3.05) is 6.54 Å². The van der Waals surface area contributed by atoms with Gasteiger partial charge in [0.15, 0.2) is 0 Å². The number of halogens is 3. The molecule has 0 saturated carbocycles. The van der Waals surface area contributed by atoms with Crippen molar-refractivity contribution in [1.29, 1.82) is 0 Å². The number of alkyl halides is 3. The molecule has 3 nitrogen and oxygen atoms in total. The normalized spacial score (nSPS) is 13.2. The van der Waals surface area contributed by atoms with E-state index in [1.165, 1.54) is 0 Å². The third-order valence-corrected chi connectivity index (χ3v) is 2.29. The van der Waals surface area contributed by atoms with Crippen LogP contribution in [0.2, 0.25) is 0 Å². The summed E-state index contributed by atoms with van der Waals surface area (Å²) in [6, 6.07) is 0. The van der Waals surface area contributed by atoms with Gasteiger partial charge in [0.2, 0.25) is 5.91 Å². The first-order valence-electron chi connectivity index (χ1n) is 4.91. The molecule has 94 valence electrons. The Kier molecular flexibility index (Phi) is 6.32. The Balaban J connectivity index is 3.85. The van der Waals surface area contributed by atoms with Crippen LogP contribution in [0.25, 0.3) is 0 Å². The summed E-state index contributed by atoms with van der Waals surface area (Å²) in [7, 11) is 0. The molecule has 7 heteroatoms. The molecule has 0 rings (SSSR count). The van der Waals surface area contributed by atoms with E-state index in [-0.39, 0.29) is 18.0 Å². The first-order chi connectivity index (χ1) is 7.28. The lowest BCUT2D eigenvalue weighted by Crippen LogP contribution is -2.38. The second-order valence-corrected chi connectivity index (χ2v) is 3.84. The van der Waals surface area contributed by atoms with Gasteiger partial charge in [-0.05, 0) is 12.8 Å². The van der Waals surface area contributed by atoms with Gasteiger partial charge in [0.25, 0.3) is 0 Å². The van der Waals surface area contributed by atoms with E-state index in [9.17, 15) is 18.0 Å². The number of rotatable bonds is 6. The highest BCUT2D eigenvalue weighted by atomic mass is 32.1. The molecule has 0 fully saturated rings. The maximum Gasteiger partial charge on any atom is 0.389 e. The zero-order chi connectivity index (χ0) is 12.8. The topological polar surface area (TPSA) is 55.1 Å². The summed E-state index contributed by atoms with van der Waals surface area (Å²) in [5.41, 5.74) is 5.31. The van der Waals surface area contributed by atoms with Crippen LogP contribution in [-0.2, 0) is 4.79 Å². The predicted octanol–water partition coefficient (Wildman–Crippen LogP) is 1.76. The van der Waals surface area contributed by atoms with Crippen LogP contribution >= 0.6 is 12.2 Å². The SMILES string of the molecule is CCC(C(=O)NCCCC(F)(F)F)C(N)=S. The molecule has 0 aromatic rings. The largest absolute Gasteiger partial charge is 0.393 e. The summed E-state index contributed by atoms with van der Waals surface area (Å²) in [6.07, 6.45) is -4.78. The van der Waals surface area contributed by atoms with Gasteiger partial charge >= 0.3 is 6.18 Å². The van der Waals surface area contributed by atoms with Crippen molar-refractivity contribution in [3.8, 4) is 0 Å². The van der Waals surface area contributed by atoms with Crippen molar-refractivity contribution < 1.29 is 18.0 Å². The Labute approximate surface area is 97.6 Å². The van der Waals surface area contributed by atoms with Gasteiger partial charge in [-0.25, -0.2) is 0 Å². The number of amides is 1. The first kappa shape index (κ1) is 15.2. The second kappa shape index (κ2) is 6.67. The Bertz CT molecular complexity index is 256. The van der Waals surface area contributed by atoms with Crippen LogP contribution in [0.4, 0.5) is 13.2 Å². The predicted molar refractivity (Wildman–Crippen MR) is 58.9 cm³/mol. The third-order valence-electron chi connectivity index (χ3n) is 2.00. The van der Waals surface area contributed by atoms with Crippen LogP contribution in [0.15, 0.2) is 0 Å². The molecule has 16 heavy (non-hydrogen) atoms. The molecule has 0 aliphatic carbocycles. The van der Waals surface area contributed by atoms with E-state index in [1.54, 1.807) is 6.92 Å². The molecule has 1 atom stereocenters. The fourth-order valence-corrected chi connectivity index (χ4v) is 1.41. The molecule has 3 N–H and O–H groups in total. The van der Waals surface area contributed by atoms with Gasteiger partial charge in [-0.15, -0.1) is 0 Å². The summed E-state index contributed by atoms with van der Waals surface area (Å²) >= 11 is 4.67. The molecule has 0 aliphatic rings. The monoisotopic (exact) mass is 256 g/mol. The third kappa shape index (κ3) is 6.60. The number of carbonyl (C=O) groups excluding carboxylic acids is 1. The Hall–Kier alpha value is -0.850. The molecule has 0 radical (unpaired) electrons.